The van der Waals surface area contributed by atoms with Crippen molar-refractivity contribution in [3.05, 3.63) is 117 Å². The Morgan fingerprint density at radius 1 is 0.580 bits per heavy atom. The van der Waals surface area contributed by atoms with E-state index in [1.165, 1.54) is 76.9 Å². The van der Waals surface area contributed by atoms with E-state index in [2.05, 4.69) is 152 Å². The van der Waals surface area contributed by atoms with Gasteiger partial charge in [-0.2, -0.15) is 0 Å². The third kappa shape index (κ3) is 5.60. The Kier molecular flexibility index (Phi) is 8.60. The molecule has 0 N–H and O–H groups in total. The zero-order valence-corrected chi connectivity index (χ0v) is 32.1. The van der Waals surface area contributed by atoms with E-state index in [1.807, 2.05) is 12.4 Å². The largest absolute Gasteiger partial charge is 0.371 e. The number of fused-ring (bicyclic) bond motifs is 2. The van der Waals surface area contributed by atoms with Gasteiger partial charge in [0.1, 0.15) is 0 Å². The summed E-state index contributed by atoms with van der Waals surface area (Å²) in [5.41, 5.74) is 15.4. The van der Waals surface area contributed by atoms with Crippen LogP contribution in [0.3, 0.4) is 0 Å². The molecular weight excluding hydrogens is 609 g/mol. The Morgan fingerprint density at radius 2 is 1.00 bits per heavy atom. The van der Waals surface area contributed by atoms with Gasteiger partial charge in [-0.1, -0.05) is 83.4 Å². The fourth-order valence-electron chi connectivity index (χ4n) is 9.13. The van der Waals surface area contributed by atoms with Crippen LogP contribution in [0, 0.1) is 13.8 Å². The number of nitrogens with zero attached hydrogens (tertiary/aromatic N) is 4. The molecule has 0 amide bonds. The Labute approximate surface area is 301 Å². The van der Waals surface area contributed by atoms with Crippen molar-refractivity contribution in [2.75, 3.05) is 23.9 Å². The lowest BCUT2D eigenvalue weighted by molar-refractivity contribution is 0.346. The zero-order chi connectivity index (χ0) is 35.6. The molecule has 4 nitrogen and oxygen atoms in total. The summed E-state index contributed by atoms with van der Waals surface area (Å²) in [7, 11) is 4.41. The highest BCUT2D eigenvalue weighted by Gasteiger charge is 2.41. The van der Waals surface area contributed by atoms with Crippen LogP contribution >= 0.6 is 0 Å². The smallest absolute Gasteiger partial charge is 0.0659 e. The van der Waals surface area contributed by atoms with Crippen LogP contribution in [-0.4, -0.2) is 38.6 Å². The van der Waals surface area contributed by atoms with Crippen molar-refractivity contribution in [2.45, 2.75) is 116 Å². The normalized spacial score (nSPS) is 22.0. The average Bonchev–Trinajstić information content (AvgIpc) is 3.39. The van der Waals surface area contributed by atoms with E-state index >= 15 is 0 Å². The molecule has 1 fully saturated rings. The van der Waals surface area contributed by atoms with Gasteiger partial charge in [0.2, 0.25) is 0 Å². The van der Waals surface area contributed by atoms with Crippen LogP contribution < -0.4 is 9.80 Å². The second-order valence-electron chi connectivity index (χ2n) is 16.7. The third-order valence-electron chi connectivity index (χ3n) is 13.4. The molecule has 0 radical (unpaired) electrons. The lowest BCUT2D eigenvalue weighted by Gasteiger charge is -2.39. The molecule has 0 aromatic heterocycles. The number of aliphatic imine (C=N–C) groups is 2. The second kappa shape index (κ2) is 12.5. The van der Waals surface area contributed by atoms with E-state index in [1.54, 1.807) is 0 Å². The Morgan fingerprint density at radius 3 is 1.40 bits per heavy atom. The van der Waals surface area contributed by atoms with Crippen LogP contribution in [-0.2, 0) is 16.2 Å². The number of rotatable bonds is 6. The standard InChI is InChI=1S/C46H56N4/c1-30-24-36(16-18-40(30)47-28-34-14-20-42-38(26-34)44(5,6)32(3)49(42)9)46(22-12-11-13-23-46)37-17-19-41(31(2)25-37)48-29-35-15-21-43-39(27-35)45(7,8)33(4)50(43)10/h14-21,24-29,32-33H,11-13,22-23H2,1-10H3. The van der Waals surface area contributed by atoms with Crippen molar-refractivity contribution in [1.82, 2.24) is 0 Å². The molecule has 2 heterocycles. The summed E-state index contributed by atoms with van der Waals surface area (Å²) in [5, 5.41) is 0. The molecule has 2 aliphatic heterocycles. The molecule has 4 aromatic carbocycles. The lowest BCUT2D eigenvalue weighted by atomic mass is 9.65. The fourth-order valence-corrected chi connectivity index (χ4v) is 9.13. The summed E-state index contributed by atoms with van der Waals surface area (Å²) >= 11 is 0. The van der Waals surface area contributed by atoms with Gasteiger partial charge in [0.25, 0.3) is 0 Å². The highest BCUT2D eigenvalue weighted by atomic mass is 15.2. The number of hydrogen-bond donors (Lipinski definition) is 0. The highest BCUT2D eigenvalue weighted by Crippen LogP contribution is 2.48. The molecule has 3 aliphatic rings. The van der Waals surface area contributed by atoms with Crippen LogP contribution in [0.2, 0.25) is 0 Å². The SMILES string of the molecule is Cc1cc(C2(c3ccc(N=Cc4ccc5c(c4)C(C)(C)C(C)N5C)c(C)c3)CCCCC2)ccc1N=Cc1ccc2c(c1)C(C)(C)C(C)N2C. The summed E-state index contributed by atoms with van der Waals surface area (Å²) in [4.78, 5) is 14.8. The van der Waals surface area contributed by atoms with Gasteiger partial charge in [-0.3, -0.25) is 9.98 Å². The first kappa shape index (κ1) is 34.3. The van der Waals surface area contributed by atoms with Gasteiger partial charge in [-0.15, -0.1) is 0 Å². The predicted molar refractivity (Wildman–Crippen MR) is 215 cm³/mol. The van der Waals surface area contributed by atoms with E-state index in [4.69, 9.17) is 9.98 Å². The average molecular weight is 665 g/mol. The molecule has 2 atom stereocenters. The molecule has 2 unspecified atom stereocenters. The van der Waals surface area contributed by atoms with Crippen molar-refractivity contribution in [1.29, 1.82) is 0 Å². The minimum absolute atomic E-state index is 0.0147. The third-order valence-corrected chi connectivity index (χ3v) is 13.4. The summed E-state index contributed by atoms with van der Waals surface area (Å²) < 4.78 is 0. The molecule has 1 saturated carbocycles. The van der Waals surface area contributed by atoms with Gasteiger partial charge in [-0.25, -0.2) is 0 Å². The maximum atomic E-state index is 5.02. The summed E-state index contributed by atoms with van der Waals surface area (Å²) in [6.07, 6.45) is 10.2. The molecule has 0 saturated heterocycles. The first-order valence-corrected chi connectivity index (χ1v) is 18.8. The van der Waals surface area contributed by atoms with Gasteiger partial charge < -0.3 is 9.80 Å². The maximum absolute atomic E-state index is 5.02. The predicted octanol–water partition coefficient (Wildman–Crippen LogP) is 11.3. The first-order valence-electron chi connectivity index (χ1n) is 18.8. The second-order valence-corrected chi connectivity index (χ2v) is 16.7. The molecule has 260 valence electrons. The van der Waals surface area contributed by atoms with Gasteiger partial charge >= 0.3 is 0 Å². The minimum Gasteiger partial charge on any atom is -0.371 e. The maximum Gasteiger partial charge on any atom is 0.0659 e. The Hall–Kier alpha value is -4.18. The zero-order valence-electron chi connectivity index (χ0n) is 32.1. The van der Waals surface area contributed by atoms with Crippen molar-refractivity contribution in [3.8, 4) is 0 Å². The molecular formula is C46H56N4. The highest BCUT2D eigenvalue weighted by molar-refractivity contribution is 5.85. The first-order chi connectivity index (χ1) is 23.7. The van der Waals surface area contributed by atoms with Crippen molar-refractivity contribution in [3.63, 3.8) is 0 Å². The molecule has 0 bridgehead atoms. The lowest BCUT2D eigenvalue weighted by Crippen LogP contribution is -2.36. The van der Waals surface area contributed by atoms with E-state index < -0.39 is 0 Å². The van der Waals surface area contributed by atoms with E-state index in [0.717, 1.165) is 22.5 Å². The fraction of sp³-hybridized carbons (Fsp3) is 0.435. The number of anilines is 2. The summed E-state index contributed by atoms with van der Waals surface area (Å²) in [6, 6.07) is 28.5. The van der Waals surface area contributed by atoms with Crippen molar-refractivity contribution >= 4 is 35.2 Å². The van der Waals surface area contributed by atoms with Crippen LogP contribution in [0.1, 0.15) is 118 Å². The van der Waals surface area contributed by atoms with Crippen LogP contribution in [0.5, 0.6) is 0 Å². The van der Waals surface area contributed by atoms with Crippen LogP contribution in [0.4, 0.5) is 22.7 Å². The number of benzene rings is 4. The van der Waals surface area contributed by atoms with Gasteiger partial charge in [-0.05, 0) is 121 Å². The van der Waals surface area contributed by atoms with Crippen LogP contribution in [0.25, 0.3) is 0 Å². The number of aryl methyl sites for hydroxylation is 2. The summed E-state index contributed by atoms with van der Waals surface area (Å²) in [6.45, 7) is 18.5. The van der Waals surface area contributed by atoms with Crippen LogP contribution in [0.15, 0.2) is 82.8 Å². The topological polar surface area (TPSA) is 31.2 Å². The summed E-state index contributed by atoms with van der Waals surface area (Å²) in [5.74, 6) is 0. The molecule has 7 rings (SSSR count). The number of hydrogen-bond acceptors (Lipinski definition) is 4. The van der Waals surface area contributed by atoms with Gasteiger partial charge in [0.05, 0.1) is 11.4 Å². The van der Waals surface area contributed by atoms with Gasteiger partial charge in [0.15, 0.2) is 0 Å². The Balaban J connectivity index is 1.14. The monoisotopic (exact) mass is 664 g/mol. The molecule has 50 heavy (non-hydrogen) atoms. The molecule has 1 aliphatic carbocycles. The molecule has 0 spiro atoms. The van der Waals surface area contributed by atoms with Crippen molar-refractivity contribution < 1.29 is 0 Å². The Bertz CT molecular complexity index is 1850. The van der Waals surface area contributed by atoms with E-state index in [-0.39, 0.29) is 16.2 Å². The quantitative estimate of drug-likeness (QED) is 0.192. The minimum atomic E-state index is 0.0147. The molecule has 4 aromatic rings. The van der Waals surface area contributed by atoms with Crippen molar-refractivity contribution in [2.24, 2.45) is 9.98 Å². The van der Waals surface area contributed by atoms with E-state index in [9.17, 15) is 0 Å². The number of likely N-dealkylation sites (N-methyl/N-ethyl adjacent to an activating group) is 2. The van der Waals surface area contributed by atoms with Gasteiger partial charge in [0, 0.05) is 66.2 Å². The van der Waals surface area contributed by atoms with E-state index in [0.29, 0.717) is 12.1 Å². The molecule has 4 heteroatoms.